The third-order valence-electron chi connectivity index (χ3n) is 3.15. The van der Waals surface area contributed by atoms with E-state index in [0.29, 0.717) is 12.0 Å². The van der Waals surface area contributed by atoms with E-state index in [4.69, 9.17) is 5.11 Å². The molecule has 0 bridgehead atoms. The Bertz CT molecular complexity index is 122. The van der Waals surface area contributed by atoms with Crippen molar-refractivity contribution in [1.29, 1.82) is 0 Å². The minimum atomic E-state index is 0.443. The number of hydrogen-bond donors (Lipinski definition) is 1. The van der Waals surface area contributed by atoms with Gasteiger partial charge in [0.2, 0.25) is 0 Å². The summed E-state index contributed by atoms with van der Waals surface area (Å²) in [6.45, 7) is 0.456. The number of hydrogen-bond acceptors (Lipinski definition) is 1. The lowest BCUT2D eigenvalue weighted by Crippen LogP contribution is -2.13. The van der Waals surface area contributed by atoms with Crippen LogP contribution in [-0.4, -0.2) is 11.7 Å². The summed E-state index contributed by atoms with van der Waals surface area (Å²) in [7, 11) is 0. The van der Waals surface area contributed by atoms with Crippen molar-refractivity contribution in [2.45, 2.75) is 32.1 Å². The molecule has 0 radical (unpaired) electrons. The first kappa shape index (κ1) is 5.72. The summed E-state index contributed by atoms with van der Waals surface area (Å²) >= 11 is 0. The SMILES string of the molecule is OC[C@]12CCCC[C@@H]1C2. The highest BCUT2D eigenvalue weighted by molar-refractivity contribution is 5.03. The molecule has 52 valence electrons. The lowest BCUT2D eigenvalue weighted by atomic mass is 9.89. The van der Waals surface area contributed by atoms with E-state index in [-0.39, 0.29) is 0 Å². The molecule has 2 aliphatic rings. The van der Waals surface area contributed by atoms with Gasteiger partial charge < -0.3 is 5.11 Å². The fourth-order valence-corrected chi connectivity index (χ4v) is 2.29. The second kappa shape index (κ2) is 1.72. The van der Waals surface area contributed by atoms with Crippen LogP contribution in [0.15, 0.2) is 0 Å². The first-order valence-electron chi connectivity index (χ1n) is 3.98. The Labute approximate surface area is 56.1 Å². The molecule has 2 rings (SSSR count). The Morgan fingerprint density at radius 2 is 2.33 bits per heavy atom. The lowest BCUT2D eigenvalue weighted by Gasteiger charge is -2.18. The van der Waals surface area contributed by atoms with Gasteiger partial charge in [0, 0.05) is 6.61 Å². The summed E-state index contributed by atoms with van der Waals surface area (Å²) < 4.78 is 0. The van der Waals surface area contributed by atoms with Crippen LogP contribution in [0, 0.1) is 11.3 Å². The van der Waals surface area contributed by atoms with Crippen molar-refractivity contribution < 1.29 is 5.11 Å². The fourth-order valence-electron chi connectivity index (χ4n) is 2.29. The van der Waals surface area contributed by atoms with Crippen molar-refractivity contribution in [3.63, 3.8) is 0 Å². The molecule has 9 heavy (non-hydrogen) atoms. The zero-order valence-corrected chi connectivity index (χ0v) is 5.77. The summed E-state index contributed by atoms with van der Waals surface area (Å²) in [4.78, 5) is 0. The standard InChI is InChI=1S/C8H14O/c9-6-8-4-2-1-3-7(8)5-8/h7,9H,1-6H2/t7-,8-/m1/s1. The molecule has 0 aromatic carbocycles. The van der Waals surface area contributed by atoms with Crippen molar-refractivity contribution in [1.82, 2.24) is 0 Å². The zero-order chi connectivity index (χ0) is 6.32. The molecular formula is C8H14O. The predicted molar refractivity (Wildman–Crippen MR) is 36.1 cm³/mol. The molecule has 0 heterocycles. The number of rotatable bonds is 1. The van der Waals surface area contributed by atoms with Gasteiger partial charge in [-0.1, -0.05) is 12.8 Å². The summed E-state index contributed by atoms with van der Waals surface area (Å²) in [5.41, 5.74) is 0.443. The molecule has 1 heteroatoms. The third-order valence-corrected chi connectivity index (χ3v) is 3.15. The summed E-state index contributed by atoms with van der Waals surface area (Å²) in [5.74, 6) is 0.913. The maximum Gasteiger partial charge on any atom is 0.0490 e. The molecule has 2 atom stereocenters. The summed E-state index contributed by atoms with van der Waals surface area (Å²) in [6, 6.07) is 0. The average molecular weight is 126 g/mol. The van der Waals surface area contributed by atoms with Crippen LogP contribution in [0.2, 0.25) is 0 Å². The average Bonchev–Trinajstić information content (AvgIpc) is 2.62. The van der Waals surface area contributed by atoms with Gasteiger partial charge in [-0.15, -0.1) is 0 Å². The van der Waals surface area contributed by atoms with Crippen LogP contribution < -0.4 is 0 Å². The molecule has 1 nitrogen and oxygen atoms in total. The molecule has 2 fully saturated rings. The minimum absolute atomic E-state index is 0.443. The Morgan fingerprint density at radius 1 is 1.44 bits per heavy atom. The fraction of sp³-hybridized carbons (Fsp3) is 1.00. The maximum atomic E-state index is 8.99. The molecule has 1 N–H and O–H groups in total. The highest BCUT2D eigenvalue weighted by atomic mass is 16.3. The smallest absolute Gasteiger partial charge is 0.0490 e. The second-order valence-electron chi connectivity index (χ2n) is 3.67. The molecular weight excluding hydrogens is 112 g/mol. The normalized spacial score (nSPS) is 48.3. The second-order valence-corrected chi connectivity index (χ2v) is 3.67. The Hall–Kier alpha value is -0.0400. The van der Waals surface area contributed by atoms with Crippen molar-refractivity contribution in [2.24, 2.45) is 11.3 Å². The van der Waals surface area contributed by atoms with Crippen LogP contribution in [0.4, 0.5) is 0 Å². The van der Waals surface area contributed by atoms with Gasteiger partial charge in [0.25, 0.3) is 0 Å². The number of fused-ring (bicyclic) bond motifs is 1. The molecule has 0 amide bonds. The Kier molecular flexibility index (Phi) is 1.10. The molecule has 0 aliphatic heterocycles. The summed E-state index contributed by atoms with van der Waals surface area (Å²) in [6.07, 6.45) is 6.78. The zero-order valence-electron chi connectivity index (χ0n) is 5.77. The van der Waals surface area contributed by atoms with E-state index in [1.54, 1.807) is 0 Å². The van der Waals surface area contributed by atoms with Crippen LogP contribution in [-0.2, 0) is 0 Å². The lowest BCUT2D eigenvalue weighted by molar-refractivity contribution is 0.171. The van der Waals surface area contributed by atoms with Gasteiger partial charge in [-0.05, 0) is 30.6 Å². The van der Waals surface area contributed by atoms with E-state index in [1.165, 1.54) is 32.1 Å². The predicted octanol–water partition coefficient (Wildman–Crippen LogP) is 1.56. The molecule has 2 saturated carbocycles. The van der Waals surface area contributed by atoms with E-state index in [1.807, 2.05) is 0 Å². The van der Waals surface area contributed by atoms with Gasteiger partial charge in [-0.25, -0.2) is 0 Å². The first-order chi connectivity index (χ1) is 4.37. The van der Waals surface area contributed by atoms with Crippen molar-refractivity contribution >= 4 is 0 Å². The molecule has 0 spiro atoms. The Morgan fingerprint density at radius 3 is 2.89 bits per heavy atom. The molecule has 0 aromatic rings. The highest BCUT2D eigenvalue weighted by Gasteiger charge is 2.53. The van der Waals surface area contributed by atoms with E-state index in [9.17, 15) is 0 Å². The van der Waals surface area contributed by atoms with E-state index >= 15 is 0 Å². The number of aliphatic hydroxyl groups is 1. The molecule has 0 unspecified atom stereocenters. The topological polar surface area (TPSA) is 20.2 Å². The van der Waals surface area contributed by atoms with Crippen LogP contribution in [0.1, 0.15) is 32.1 Å². The molecule has 2 aliphatic carbocycles. The van der Waals surface area contributed by atoms with Gasteiger partial charge in [-0.2, -0.15) is 0 Å². The van der Waals surface area contributed by atoms with Gasteiger partial charge in [0.1, 0.15) is 0 Å². The van der Waals surface area contributed by atoms with Crippen molar-refractivity contribution in [3.8, 4) is 0 Å². The monoisotopic (exact) mass is 126 g/mol. The van der Waals surface area contributed by atoms with Crippen LogP contribution in [0.3, 0.4) is 0 Å². The quantitative estimate of drug-likeness (QED) is 0.565. The van der Waals surface area contributed by atoms with E-state index in [2.05, 4.69) is 0 Å². The third kappa shape index (κ3) is 0.710. The first-order valence-corrected chi connectivity index (χ1v) is 3.98. The molecule has 0 aromatic heterocycles. The van der Waals surface area contributed by atoms with Gasteiger partial charge in [-0.3, -0.25) is 0 Å². The van der Waals surface area contributed by atoms with Gasteiger partial charge in [0.15, 0.2) is 0 Å². The van der Waals surface area contributed by atoms with Crippen molar-refractivity contribution in [3.05, 3.63) is 0 Å². The number of aliphatic hydroxyl groups excluding tert-OH is 1. The maximum absolute atomic E-state index is 8.99. The van der Waals surface area contributed by atoms with Gasteiger partial charge in [0.05, 0.1) is 0 Å². The van der Waals surface area contributed by atoms with Crippen LogP contribution in [0.25, 0.3) is 0 Å². The van der Waals surface area contributed by atoms with Crippen LogP contribution in [0.5, 0.6) is 0 Å². The van der Waals surface area contributed by atoms with Crippen molar-refractivity contribution in [2.75, 3.05) is 6.61 Å². The highest BCUT2D eigenvalue weighted by Crippen LogP contribution is 2.60. The van der Waals surface area contributed by atoms with Gasteiger partial charge >= 0.3 is 0 Å². The summed E-state index contributed by atoms with van der Waals surface area (Å²) in [5, 5.41) is 8.99. The van der Waals surface area contributed by atoms with E-state index < -0.39 is 0 Å². The largest absolute Gasteiger partial charge is 0.396 e. The van der Waals surface area contributed by atoms with E-state index in [0.717, 1.165) is 5.92 Å². The Balaban J connectivity index is 2.01. The molecule has 0 saturated heterocycles. The van der Waals surface area contributed by atoms with Crippen LogP contribution >= 0.6 is 0 Å². The minimum Gasteiger partial charge on any atom is -0.396 e.